The van der Waals surface area contributed by atoms with Crippen molar-refractivity contribution in [3.05, 3.63) is 0 Å². The van der Waals surface area contributed by atoms with E-state index < -0.39 is 0 Å². The minimum Gasteiger partial charge on any atom is -0.379 e. The molecule has 3 N–H and O–H groups in total. The molecular weight excluding hydrogens is 220 g/mol. The van der Waals surface area contributed by atoms with Gasteiger partial charge in [0.1, 0.15) is 0 Å². The third-order valence-corrected chi connectivity index (χ3v) is 3.21. The number of hydrogen-bond acceptors (Lipinski definition) is 4. The Balaban J connectivity index is 1.53. The smallest absolute Gasteiger partial charge is 0.315 e. The van der Waals surface area contributed by atoms with E-state index in [1.807, 2.05) is 0 Å². The summed E-state index contributed by atoms with van der Waals surface area (Å²) in [6.07, 6.45) is 1.02. The maximum Gasteiger partial charge on any atom is 0.315 e. The largest absolute Gasteiger partial charge is 0.379 e. The molecule has 6 heteroatoms. The summed E-state index contributed by atoms with van der Waals surface area (Å²) in [4.78, 5) is 13.9. The van der Waals surface area contributed by atoms with E-state index in [4.69, 9.17) is 4.74 Å². The Labute approximate surface area is 102 Å². The number of rotatable bonds is 4. The van der Waals surface area contributed by atoms with Crippen LogP contribution in [0.3, 0.4) is 0 Å². The van der Waals surface area contributed by atoms with Crippen LogP contribution in [0.5, 0.6) is 0 Å². The molecule has 0 saturated carbocycles. The highest BCUT2D eigenvalue weighted by molar-refractivity contribution is 5.74. The molecule has 0 aromatic rings. The zero-order chi connectivity index (χ0) is 11.9. The highest BCUT2D eigenvalue weighted by Crippen LogP contribution is 1.96. The molecule has 6 nitrogen and oxygen atoms in total. The summed E-state index contributed by atoms with van der Waals surface area (Å²) in [7, 11) is 0. The van der Waals surface area contributed by atoms with Gasteiger partial charge in [0.15, 0.2) is 0 Å². The van der Waals surface area contributed by atoms with Crippen molar-refractivity contribution in [2.75, 3.05) is 52.5 Å². The van der Waals surface area contributed by atoms with Gasteiger partial charge in [0.2, 0.25) is 0 Å². The van der Waals surface area contributed by atoms with Crippen LogP contribution in [-0.2, 0) is 4.74 Å². The second kappa shape index (κ2) is 6.78. The van der Waals surface area contributed by atoms with Gasteiger partial charge in [-0.1, -0.05) is 0 Å². The number of carbonyl (C=O) groups excluding carboxylic acids is 1. The topological polar surface area (TPSA) is 65.6 Å². The van der Waals surface area contributed by atoms with Crippen LogP contribution in [0, 0.1) is 0 Å². The highest BCUT2D eigenvalue weighted by Gasteiger charge is 2.16. The molecule has 2 rings (SSSR count). The second-order valence-corrected chi connectivity index (χ2v) is 4.54. The third kappa shape index (κ3) is 4.49. The molecule has 2 fully saturated rings. The number of morpholine rings is 1. The number of carbonyl (C=O) groups is 1. The fourth-order valence-electron chi connectivity index (χ4n) is 2.17. The normalized spacial score (nSPS) is 25.8. The predicted molar refractivity (Wildman–Crippen MR) is 65.1 cm³/mol. The Hall–Kier alpha value is -0.850. The first-order chi connectivity index (χ1) is 8.34. The fraction of sp³-hybridized carbons (Fsp3) is 0.909. The summed E-state index contributed by atoms with van der Waals surface area (Å²) < 4.78 is 5.27. The number of hydrogen-bond donors (Lipinski definition) is 3. The molecule has 2 amide bonds. The van der Waals surface area contributed by atoms with Crippen LogP contribution < -0.4 is 16.0 Å². The minimum absolute atomic E-state index is 0.0491. The Morgan fingerprint density at radius 1 is 1.41 bits per heavy atom. The van der Waals surface area contributed by atoms with Crippen LogP contribution in [0.2, 0.25) is 0 Å². The lowest BCUT2D eigenvalue weighted by Crippen LogP contribution is -2.46. The molecule has 1 atom stereocenters. The Bertz CT molecular complexity index is 238. The lowest BCUT2D eigenvalue weighted by atomic mass is 10.3. The molecule has 0 radical (unpaired) electrons. The van der Waals surface area contributed by atoms with Gasteiger partial charge in [-0.2, -0.15) is 0 Å². The van der Waals surface area contributed by atoms with E-state index in [-0.39, 0.29) is 6.03 Å². The van der Waals surface area contributed by atoms with E-state index in [1.165, 1.54) is 0 Å². The fourth-order valence-corrected chi connectivity index (χ4v) is 2.17. The summed E-state index contributed by atoms with van der Waals surface area (Å²) >= 11 is 0. The average Bonchev–Trinajstić information content (AvgIpc) is 2.83. The summed E-state index contributed by atoms with van der Waals surface area (Å²) in [6.45, 7) is 7.03. The zero-order valence-corrected chi connectivity index (χ0v) is 10.2. The summed E-state index contributed by atoms with van der Waals surface area (Å²) in [5, 5.41) is 9.08. The van der Waals surface area contributed by atoms with Gasteiger partial charge in [0.05, 0.1) is 13.2 Å². The molecule has 0 aromatic carbocycles. The van der Waals surface area contributed by atoms with Gasteiger partial charge < -0.3 is 20.7 Å². The molecule has 2 heterocycles. The molecule has 2 aliphatic heterocycles. The Morgan fingerprint density at radius 3 is 2.94 bits per heavy atom. The van der Waals surface area contributed by atoms with E-state index in [1.54, 1.807) is 0 Å². The monoisotopic (exact) mass is 242 g/mol. The van der Waals surface area contributed by atoms with Gasteiger partial charge in [0, 0.05) is 38.8 Å². The van der Waals surface area contributed by atoms with Crippen LogP contribution >= 0.6 is 0 Å². The quantitative estimate of drug-likeness (QED) is 0.590. The van der Waals surface area contributed by atoms with E-state index in [9.17, 15) is 4.79 Å². The lowest BCUT2D eigenvalue weighted by molar-refractivity contribution is 0.0387. The summed E-state index contributed by atoms with van der Waals surface area (Å²) in [6, 6.07) is 0.241. The molecule has 2 saturated heterocycles. The van der Waals surface area contributed by atoms with Crippen LogP contribution in [0.15, 0.2) is 0 Å². The van der Waals surface area contributed by atoms with E-state index in [0.29, 0.717) is 12.6 Å². The van der Waals surface area contributed by atoms with E-state index in [2.05, 4.69) is 20.9 Å². The van der Waals surface area contributed by atoms with Gasteiger partial charge in [-0.15, -0.1) is 0 Å². The van der Waals surface area contributed by atoms with Crippen molar-refractivity contribution in [2.24, 2.45) is 0 Å². The second-order valence-electron chi connectivity index (χ2n) is 4.54. The molecule has 0 spiro atoms. The van der Waals surface area contributed by atoms with Gasteiger partial charge >= 0.3 is 6.03 Å². The SMILES string of the molecule is O=C(NCCN1CCOCC1)NC1CCNC1. The maximum atomic E-state index is 11.5. The van der Waals surface area contributed by atoms with Crippen molar-refractivity contribution in [3.8, 4) is 0 Å². The van der Waals surface area contributed by atoms with Crippen molar-refractivity contribution in [3.63, 3.8) is 0 Å². The van der Waals surface area contributed by atoms with Gasteiger partial charge in [-0.05, 0) is 13.0 Å². The van der Waals surface area contributed by atoms with Gasteiger partial charge in [-0.3, -0.25) is 4.90 Å². The molecule has 0 aliphatic carbocycles. The summed E-state index contributed by atoms with van der Waals surface area (Å²) in [5.41, 5.74) is 0. The van der Waals surface area contributed by atoms with E-state index in [0.717, 1.165) is 52.4 Å². The molecular formula is C11H22N4O2. The van der Waals surface area contributed by atoms with E-state index >= 15 is 0 Å². The highest BCUT2D eigenvalue weighted by atomic mass is 16.5. The predicted octanol–water partition coefficient (Wildman–Crippen LogP) is -1.02. The third-order valence-electron chi connectivity index (χ3n) is 3.21. The van der Waals surface area contributed by atoms with Crippen LogP contribution in [-0.4, -0.2) is 69.5 Å². The molecule has 0 aromatic heterocycles. The van der Waals surface area contributed by atoms with Crippen LogP contribution in [0.1, 0.15) is 6.42 Å². The first-order valence-corrected chi connectivity index (χ1v) is 6.40. The molecule has 2 aliphatic rings. The number of ether oxygens (including phenoxy) is 1. The van der Waals surface area contributed by atoms with Gasteiger partial charge in [-0.25, -0.2) is 4.79 Å². The van der Waals surface area contributed by atoms with Crippen molar-refractivity contribution in [2.45, 2.75) is 12.5 Å². The van der Waals surface area contributed by atoms with Crippen LogP contribution in [0.4, 0.5) is 4.79 Å². The number of nitrogens with one attached hydrogen (secondary N) is 3. The molecule has 98 valence electrons. The minimum atomic E-state index is -0.0491. The standard InChI is InChI=1S/C11H22N4O2/c16-11(14-10-1-2-12-9-10)13-3-4-15-5-7-17-8-6-15/h10,12H,1-9H2,(H2,13,14,16). The van der Waals surface area contributed by atoms with Crippen molar-refractivity contribution in [1.29, 1.82) is 0 Å². The Morgan fingerprint density at radius 2 is 2.24 bits per heavy atom. The number of nitrogens with zero attached hydrogens (tertiary/aromatic N) is 1. The molecule has 0 bridgehead atoms. The van der Waals surface area contributed by atoms with Crippen molar-refractivity contribution in [1.82, 2.24) is 20.9 Å². The van der Waals surface area contributed by atoms with Crippen molar-refractivity contribution >= 4 is 6.03 Å². The molecule has 17 heavy (non-hydrogen) atoms. The molecule has 1 unspecified atom stereocenters. The van der Waals surface area contributed by atoms with Crippen LogP contribution in [0.25, 0.3) is 0 Å². The maximum absolute atomic E-state index is 11.5. The first kappa shape index (κ1) is 12.6. The number of urea groups is 1. The zero-order valence-electron chi connectivity index (χ0n) is 10.2. The summed E-state index contributed by atoms with van der Waals surface area (Å²) in [5.74, 6) is 0. The first-order valence-electron chi connectivity index (χ1n) is 6.40. The Kier molecular flexibility index (Phi) is 5.03. The van der Waals surface area contributed by atoms with Crippen molar-refractivity contribution < 1.29 is 9.53 Å². The number of amides is 2. The van der Waals surface area contributed by atoms with Gasteiger partial charge in [0.25, 0.3) is 0 Å². The average molecular weight is 242 g/mol. The lowest BCUT2D eigenvalue weighted by Gasteiger charge is -2.26.